The first kappa shape index (κ1) is 11.4. The normalized spacial score (nSPS) is 9.87. The van der Waals surface area contributed by atoms with Gasteiger partial charge in [0.1, 0.15) is 5.75 Å². The van der Waals surface area contributed by atoms with E-state index >= 15 is 0 Å². The molecule has 1 rings (SSSR count). The Labute approximate surface area is 89.6 Å². The zero-order valence-electron chi connectivity index (χ0n) is 9.20. The standard InChI is InChI=1S/C11H16N2O2/c1-8(2)12-11(14)13-9-4-6-10(15-3)7-5-9/h4-8H,1-3H3,(H2,12,13,14). The molecule has 2 amide bonds. The van der Waals surface area contributed by atoms with Gasteiger partial charge in [-0.3, -0.25) is 0 Å². The zero-order valence-corrected chi connectivity index (χ0v) is 9.20. The summed E-state index contributed by atoms with van der Waals surface area (Å²) in [5.74, 6) is 0.768. The fourth-order valence-corrected chi connectivity index (χ4v) is 1.10. The number of urea groups is 1. The second-order valence-corrected chi connectivity index (χ2v) is 3.48. The highest BCUT2D eigenvalue weighted by atomic mass is 16.5. The van der Waals surface area contributed by atoms with Crippen LogP contribution in [0.2, 0.25) is 0 Å². The van der Waals surface area contributed by atoms with E-state index in [2.05, 4.69) is 10.6 Å². The van der Waals surface area contributed by atoms with Gasteiger partial charge in [0.05, 0.1) is 7.11 Å². The van der Waals surface area contributed by atoms with Crippen molar-refractivity contribution in [1.29, 1.82) is 0 Å². The lowest BCUT2D eigenvalue weighted by Gasteiger charge is -2.10. The molecule has 0 saturated carbocycles. The lowest BCUT2D eigenvalue weighted by Crippen LogP contribution is -2.34. The van der Waals surface area contributed by atoms with Crippen LogP contribution in [0.15, 0.2) is 24.3 Å². The average Bonchev–Trinajstić information content (AvgIpc) is 2.17. The maximum absolute atomic E-state index is 11.3. The van der Waals surface area contributed by atoms with Crippen LogP contribution in [0.1, 0.15) is 13.8 Å². The molecule has 1 aromatic carbocycles. The molecule has 0 aliphatic carbocycles. The molecule has 0 spiro atoms. The van der Waals surface area contributed by atoms with Gasteiger partial charge in [-0.25, -0.2) is 4.79 Å². The quantitative estimate of drug-likeness (QED) is 0.800. The molecular formula is C11H16N2O2. The number of carbonyl (C=O) groups is 1. The molecule has 2 N–H and O–H groups in total. The van der Waals surface area contributed by atoms with Crippen LogP contribution >= 0.6 is 0 Å². The fraction of sp³-hybridized carbons (Fsp3) is 0.364. The number of rotatable bonds is 3. The topological polar surface area (TPSA) is 50.4 Å². The van der Waals surface area contributed by atoms with Crippen LogP contribution in [0.5, 0.6) is 5.75 Å². The van der Waals surface area contributed by atoms with Crippen molar-refractivity contribution in [1.82, 2.24) is 5.32 Å². The maximum Gasteiger partial charge on any atom is 0.319 e. The molecule has 1 aromatic rings. The van der Waals surface area contributed by atoms with Gasteiger partial charge in [0.2, 0.25) is 0 Å². The molecule has 15 heavy (non-hydrogen) atoms. The summed E-state index contributed by atoms with van der Waals surface area (Å²) in [5, 5.41) is 5.46. The van der Waals surface area contributed by atoms with E-state index in [1.165, 1.54) is 0 Å². The smallest absolute Gasteiger partial charge is 0.319 e. The van der Waals surface area contributed by atoms with E-state index in [1.807, 2.05) is 13.8 Å². The molecule has 0 radical (unpaired) electrons. The number of methoxy groups -OCH3 is 1. The number of nitrogens with one attached hydrogen (secondary N) is 2. The monoisotopic (exact) mass is 208 g/mol. The van der Waals surface area contributed by atoms with Crippen molar-refractivity contribution >= 4 is 11.7 Å². The van der Waals surface area contributed by atoms with Crippen LogP contribution in [-0.4, -0.2) is 19.2 Å². The predicted molar refractivity (Wildman–Crippen MR) is 60.3 cm³/mol. The van der Waals surface area contributed by atoms with Gasteiger partial charge in [-0.05, 0) is 38.1 Å². The third-order valence-corrected chi connectivity index (χ3v) is 1.77. The molecule has 0 aliphatic rings. The number of benzene rings is 1. The molecule has 0 heterocycles. The van der Waals surface area contributed by atoms with Gasteiger partial charge in [0, 0.05) is 11.7 Å². The maximum atomic E-state index is 11.3. The van der Waals surface area contributed by atoms with E-state index in [0.717, 1.165) is 11.4 Å². The van der Waals surface area contributed by atoms with Crippen LogP contribution in [0.4, 0.5) is 10.5 Å². The minimum atomic E-state index is -0.199. The number of hydrogen-bond acceptors (Lipinski definition) is 2. The van der Waals surface area contributed by atoms with E-state index in [0.29, 0.717) is 0 Å². The highest BCUT2D eigenvalue weighted by Crippen LogP contribution is 2.14. The number of hydrogen-bond donors (Lipinski definition) is 2. The number of amides is 2. The van der Waals surface area contributed by atoms with Crippen molar-refractivity contribution in [2.24, 2.45) is 0 Å². The molecule has 0 atom stereocenters. The Morgan fingerprint density at radius 1 is 1.27 bits per heavy atom. The summed E-state index contributed by atoms with van der Waals surface area (Å²) >= 11 is 0. The molecule has 0 aliphatic heterocycles. The minimum absolute atomic E-state index is 0.128. The number of anilines is 1. The van der Waals surface area contributed by atoms with Crippen molar-refractivity contribution in [3.63, 3.8) is 0 Å². The Hall–Kier alpha value is -1.71. The zero-order chi connectivity index (χ0) is 11.3. The molecule has 0 aromatic heterocycles. The van der Waals surface area contributed by atoms with Crippen molar-refractivity contribution in [3.05, 3.63) is 24.3 Å². The Morgan fingerprint density at radius 2 is 1.87 bits per heavy atom. The van der Waals surface area contributed by atoms with Crippen LogP contribution < -0.4 is 15.4 Å². The van der Waals surface area contributed by atoms with E-state index in [9.17, 15) is 4.79 Å². The second-order valence-electron chi connectivity index (χ2n) is 3.48. The first-order chi connectivity index (χ1) is 7.11. The Bertz CT molecular complexity index is 320. The van der Waals surface area contributed by atoms with Gasteiger partial charge in [-0.2, -0.15) is 0 Å². The van der Waals surface area contributed by atoms with E-state index in [-0.39, 0.29) is 12.1 Å². The van der Waals surface area contributed by atoms with Crippen molar-refractivity contribution < 1.29 is 9.53 Å². The van der Waals surface area contributed by atoms with Crippen molar-refractivity contribution in [2.75, 3.05) is 12.4 Å². The van der Waals surface area contributed by atoms with Crippen molar-refractivity contribution in [2.45, 2.75) is 19.9 Å². The largest absolute Gasteiger partial charge is 0.497 e. The fourth-order valence-electron chi connectivity index (χ4n) is 1.10. The Morgan fingerprint density at radius 3 is 2.33 bits per heavy atom. The summed E-state index contributed by atoms with van der Waals surface area (Å²) in [7, 11) is 1.61. The third kappa shape index (κ3) is 3.89. The minimum Gasteiger partial charge on any atom is -0.497 e. The van der Waals surface area contributed by atoms with Crippen LogP contribution in [0.3, 0.4) is 0 Å². The van der Waals surface area contributed by atoms with E-state index < -0.39 is 0 Å². The molecular weight excluding hydrogens is 192 g/mol. The summed E-state index contributed by atoms with van der Waals surface area (Å²) in [6, 6.07) is 7.10. The molecule has 0 bridgehead atoms. The highest BCUT2D eigenvalue weighted by Gasteiger charge is 2.02. The van der Waals surface area contributed by atoms with Gasteiger partial charge in [0.15, 0.2) is 0 Å². The first-order valence-electron chi connectivity index (χ1n) is 4.83. The lowest BCUT2D eigenvalue weighted by molar-refractivity contribution is 0.250. The molecule has 0 unspecified atom stereocenters. The van der Waals surface area contributed by atoms with Crippen LogP contribution in [-0.2, 0) is 0 Å². The average molecular weight is 208 g/mol. The Kier molecular flexibility index (Phi) is 3.97. The molecule has 0 fully saturated rings. The number of ether oxygens (including phenoxy) is 1. The molecule has 82 valence electrons. The summed E-state index contributed by atoms with van der Waals surface area (Å²) in [6.45, 7) is 3.82. The summed E-state index contributed by atoms with van der Waals surface area (Å²) < 4.78 is 5.01. The van der Waals surface area contributed by atoms with Gasteiger partial charge in [0.25, 0.3) is 0 Å². The third-order valence-electron chi connectivity index (χ3n) is 1.77. The van der Waals surface area contributed by atoms with Crippen LogP contribution in [0, 0.1) is 0 Å². The molecule has 4 nitrogen and oxygen atoms in total. The van der Waals surface area contributed by atoms with Crippen molar-refractivity contribution in [3.8, 4) is 5.75 Å². The summed E-state index contributed by atoms with van der Waals surface area (Å²) in [4.78, 5) is 11.3. The van der Waals surface area contributed by atoms with E-state index in [1.54, 1.807) is 31.4 Å². The predicted octanol–water partition coefficient (Wildman–Crippen LogP) is 2.23. The van der Waals surface area contributed by atoms with Crippen LogP contribution in [0.25, 0.3) is 0 Å². The van der Waals surface area contributed by atoms with E-state index in [4.69, 9.17) is 4.74 Å². The molecule has 0 saturated heterocycles. The number of carbonyl (C=O) groups excluding carboxylic acids is 1. The highest BCUT2D eigenvalue weighted by molar-refractivity contribution is 5.89. The summed E-state index contributed by atoms with van der Waals surface area (Å²) in [5.41, 5.74) is 0.744. The molecule has 4 heteroatoms. The SMILES string of the molecule is COc1ccc(NC(=O)NC(C)C)cc1. The second kappa shape index (κ2) is 5.24. The van der Waals surface area contributed by atoms with Gasteiger partial charge in [-0.1, -0.05) is 0 Å². The van der Waals surface area contributed by atoms with Gasteiger partial charge < -0.3 is 15.4 Å². The first-order valence-corrected chi connectivity index (χ1v) is 4.83. The Balaban J connectivity index is 2.53. The lowest BCUT2D eigenvalue weighted by atomic mass is 10.3. The van der Waals surface area contributed by atoms with Gasteiger partial charge in [-0.15, -0.1) is 0 Å². The van der Waals surface area contributed by atoms with Gasteiger partial charge >= 0.3 is 6.03 Å². The summed E-state index contributed by atoms with van der Waals surface area (Å²) in [6.07, 6.45) is 0.